The third kappa shape index (κ3) is 5.09. The van der Waals surface area contributed by atoms with Gasteiger partial charge in [0.05, 0.1) is 6.42 Å². The van der Waals surface area contributed by atoms with Gasteiger partial charge in [0.1, 0.15) is 0 Å². The third-order valence-electron chi connectivity index (χ3n) is 2.60. The molecule has 0 unspecified atom stereocenters. The molecule has 1 atom stereocenters. The van der Waals surface area contributed by atoms with Crippen molar-refractivity contribution in [2.75, 3.05) is 6.54 Å². The Hall–Kier alpha value is -2.37. The zero-order chi connectivity index (χ0) is 15.1. The highest BCUT2D eigenvalue weighted by molar-refractivity contribution is 5.94. The van der Waals surface area contributed by atoms with Gasteiger partial charge >= 0.3 is 5.97 Å². The molecule has 0 aromatic heterocycles. The molecule has 0 radical (unpaired) electrons. The maximum Gasteiger partial charge on any atom is 0.308 e. The second-order valence-electron chi connectivity index (χ2n) is 4.41. The lowest BCUT2D eigenvalue weighted by atomic mass is 10.1. The van der Waals surface area contributed by atoms with E-state index in [1.54, 1.807) is 18.2 Å². The lowest BCUT2D eigenvalue weighted by Gasteiger charge is -2.10. The molecule has 0 aliphatic rings. The van der Waals surface area contributed by atoms with Crippen LogP contribution in [0.5, 0.6) is 0 Å². The maximum absolute atomic E-state index is 11.8. The van der Waals surface area contributed by atoms with Gasteiger partial charge in [-0.2, -0.15) is 0 Å². The molecule has 1 aromatic rings. The Morgan fingerprint density at radius 3 is 2.65 bits per heavy atom. The van der Waals surface area contributed by atoms with Crippen LogP contribution in [0.2, 0.25) is 0 Å². The van der Waals surface area contributed by atoms with Gasteiger partial charge in [-0.15, -0.1) is 0 Å². The molecule has 0 aliphatic carbocycles. The predicted octanol–water partition coefficient (Wildman–Crippen LogP) is 0.532. The highest BCUT2D eigenvalue weighted by atomic mass is 16.5. The van der Waals surface area contributed by atoms with E-state index in [-0.39, 0.29) is 18.9 Å². The van der Waals surface area contributed by atoms with Crippen LogP contribution in [-0.2, 0) is 14.3 Å². The molecule has 0 heterocycles. The van der Waals surface area contributed by atoms with Gasteiger partial charge in [0.2, 0.25) is 0 Å². The number of nitrogens with two attached hydrogens (primary N) is 1. The summed E-state index contributed by atoms with van der Waals surface area (Å²) in [4.78, 5) is 33.8. The van der Waals surface area contributed by atoms with Crippen molar-refractivity contribution in [1.29, 1.82) is 0 Å². The van der Waals surface area contributed by atoms with Gasteiger partial charge in [-0.3, -0.25) is 14.4 Å². The van der Waals surface area contributed by atoms with Crippen molar-refractivity contribution >= 4 is 17.8 Å². The van der Waals surface area contributed by atoms with E-state index >= 15 is 0 Å². The fraction of sp³-hybridized carbons (Fsp3) is 0.357. The van der Waals surface area contributed by atoms with Crippen LogP contribution in [-0.4, -0.2) is 30.4 Å². The van der Waals surface area contributed by atoms with Crippen LogP contribution < -0.4 is 11.1 Å². The number of aryl methyl sites for hydroxylation is 1. The highest BCUT2D eigenvalue weighted by Crippen LogP contribution is 2.03. The quantitative estimate of drug-likeness (QED) is 0.741. The number of amides is 2. The molecule has 3 N–H and O–H groups in total. The molecule has 6 nitrogen and oxygen atoms in total. The van der Waals surface area contributed by atoms with Crippen molar-refractivity contribution in [3.8, 4) is 0 Å². The van der Waals surface area contributed by atoms with Gasteiger partial charge in [-0.05, 0) is 26.0 Å². The number of hydrogen-bond donors (Lipinski definition) is 2. The number of carbonyl (C=O) groups excluding carboxylic acids is 3. The Labute approximate surface area is 117 Å². The number of nitrogens with one attached hydrogen (secondary N) is 1. The minimum atomic E-state index is -0.963. The zero-order valence-corrected chi connectivity index (χ0v) is 11.5. The lowest BCUT2D eigenvalue weighted by molar-refractivity contribution is -0.153. The number of primary amides is 1. The molecular formula is C14H18N2O4. The number of benzene rings is 1. The Kier molecular flexibility index (Phi) is 5.71. The molecule has 0 fully saturated rings. The molecule has 0 bridgehead atoms. The van der Waals surface area contributed by atoms with Crippen molar-refractivity contribution in [2.24, 2.45) is 5.73 Å². The number of hydrogen-bond acceptors (Lipinski definition) is 4. The van der Waals surface area contributed by atoms with E-state index in [0.717, 1.165) is 5.56 Å². The van der Waals surface area contributed by atoms with Gasteiger partial charge in [0, 0.05) is 12.1 Å². The van der Waals surface area contributed by atoms with Crippen LogP contribution in [0.15, 0.2) is 24.3 Å². The number of rotatable bonds is 6. The summed E-state index contributed by atoms with van der Waals surface area (Å²) in [5.74, 6) is -1.55. The third-order valence-corrected chi connectivity index (χ3v) is 2.60. The first kappa shape index (κ1) is 15.7. The standard InChI is InChI=1S/C14H18N2O4/c1-9-4-3-5-11(8-9)14(19)16-7-6-12(17)20-10(2)13(15)18/h3-5,8,10H,6-7H2,1-2H3,(H2,15,18)(H,16,19)/t10-/m1/s1. The zero-order valence-electron chi connectivity index (χ0n) is 11.5. The van der Waals surface area contributed by atoms with Crippen molar-refractivity contribution in [2.45, 2.75) is 26.4 Å². The van der Waals surface area contributed by atoms with Crippen molar-refractivity contribution in [1.82, 2.24) is 5.32 Å². The Morgan fingerprint density at radius 2 is 2.05 bits per heavy atom. The van der Waals surface area contributed by atoms with Crippen LogP contribution >= 0.6 is 0 Å². The smallest absolute Gasteiger partial charge is 0.308 e. The summed E-state index contributed by atoms with van der Waals surface area (Å²) in [7, 11) is 0. The monoisotopic (exact) mass is 278 g/mol. The first-order valence-corrected chi connectivity index (χ1v) is 6.24. The van der Waals surface area contributed by atoms with Gasteiger partial charge < -0.3 is 15.8 Å². The summed E-state index contributed by atoms with van der Waals surface area (Å²) in [6.07, 6.45) is -0.982. The van der Waals surface area contributed by atoms with Gasteiger partial charge in [-0.25, -0.2) is 0 Å². The molecule has 108 valence electrons. The van der Waals surface area contributed by atoms with E-state index < -0.39 is 18.0 Å². The summed E-state index contributed by atoms with van der Waals surface area (Å²) in [5.41, 5.74) is 6.48. The predicted molar refractivity (Wildman–Crippen MR) is 72.9 cm³/mol. The average Bonchev–Trinajstić information content (AvgIpc) is 2.38. The van der Waals surface area contributed by atoms with Crippen LogP contribution in [0.1, 0.15) is 29.3 Å². The van der Waals surface area contributed by atoms with Crippen LogP contribution in [0.25, 0.3) is 0 Å². The molecule has 6 heteroatoms. The van der Waals surface area contributed by atoms with Crippen LogP contribution in [0, 0.1) is 6.92 Å². The van der Waals surface area contributed by atoms with Gasteiger partial charge in [-0.1, -0.05) is 17.7 Å². The summed E-state index contributed by atoms with van der Waals surface area (Å²) in [6, 6.07) is 7.12. The molecule has 1 aromatic carbocycles. The summed E-state index contributed by atoms with van der Waals surface area (Å²) < 4.78 is 4.75. The van der Waals surface area contributed by atoms with Crippen molar-refractivity contribution in [3.63, 3.8) is 0 Å². The van der Waals surface area contributed by atoms with Crippen LogP contribution in [0.3, 0.4) is 0 Å². The minimum Gasteiger partial charge on any atom is -0.453 e. The van der Waals surface area contributed by atoms with Gasteiger partial charge in [0.25, 0.3) is 11.8 Å². The van der Waals surface area contributed by atoms with E-state index in [1.165, 1.54) is 6.92 Å². The topological polar surface area (TPSA) is 98.5 Å². The van der Waals surface area contributed by atoms with Crippen molar-refractivity contribution in [3.05, 3.63) is 35.4 Å². The number of ether oxygens (including phenoxy) is 1. The fourth-order valence-corrected chi connectivity index (χ4v) is 1.48. The van der Waals surface area contributed by atoms with E-state index in [1.807, 2.05) is 13.0 Å². The first-order valence-electron chi connectivity index (χ1n) is 6.24. The van der Waals surface area contributed by atoms with E-state index in [0.29, 0.717) is 5.56 Å². The van der Waals surface area contributed by atoms with Crippen LogP contribution in [0.4, 0.5) is 0 Å². The molecular weight excluding hydrogens is 260 g/mol. The van der Waals surface area contributed by atoms with Crippen molar-refractivity contribution < 1.29 is 19.1 Å². The number of esters is 1. The SMILES string of the molecule is Cc1cccc(C(=O)NCCC(=O)O[C@H](C)C(N)=O)c1. The summed E-state index contributed by atoms with van der Waals surface area (Å²) >= 11 is 0. The normalized spacial score (nSPS) is 11.5. The molecule has 1 rings (SSSR count). The fourth-order valence-electron chi connectivity index (χ4n) is 1.48. The first-order chi connectivity index (χ1) is 9.40. The van der Waals surface area contributed by atoms with E-state index in [9.17, 15) is 14.4 Å². The highest BCUT2D eigenvalue weighted by Gasteiger charge is 2.14. The molecule has 0 aliphatic heterocycles. The molecule has 2 amide bonds. The Bertz CT molecular complexity index is 514. The lowest BCUT2D eigenvalue weighted by Crippen LogP contribution is -2.32. The summed E-state index contributed by atoms with van der Waals surface area (Å²) in [5, 5.41) is 2.60. The molecule has 0 saturated heterocycles. The molecule has 20 heavy (non-hydrogen) atoms. The molecule has 0 spiro atoms. The maximum atomic E-state index is 11.8. The molecule has 0 saturated carbocycles. The summed E-state index contributed by atoms with van der Waals surface area (Å²) in [6.45, 7) is 3.42. The second kappa shape index (κ2) is 7.28. The number of carbonyl (C=O) groups is 3. The minimum absolute atomic E-state index is 0.0187. The second-order valence-corrected chi connectivity index (χ2v) is 4.41. The Morgan fingerprint density at radius 1 is 1.35 bits per heavy atom. The Balaban J connectivity index is 2.35. The van der Waals surface area contributed by atoms with E-state index in [4.69, 9.17) is 10.5 Å². The average molecular weight is 278 g/mol. The van der Waals surface area contributed by atoms with E-state index in [2.05, 4.69) is 5.32 Å². The largest absolute Gasteiger partial charge is 0.453 e. The van der Waals surface area contributed by atoms with Gasteiger partial charge in [0.15, 0.2) is 6.10 Å².